The Morgan fingerprint density at radius 1 is 0.512 bits per heavy atom. The minimum atomic E-state index is -1.98. The average molecular weight is 645 g/mol. The molecule has 7 aromatic rings. The summed E-state index contributed by atoms with van der Waals surface area (Å²) < 4.78 is 5.16. The van der Waals surface area contributed by atoms with Crippen molar-refractivity contribution in [1.29, 1.82) is 0 Å². The predicted molar refractivity (Wildman–Crippen MR) is 190 cm³/mol. The molecule has 43 heavy (non-hydrogen) atoms. The predicted octanol–water partition coefficient (Wildman–Crippen LogP) is 7.56. The van der Waals surface area contributed by atoms with Crippen LogP contribution < -0.4 is 20.6 Å². The molecule has 0 spiro atoms. The van der Waals surface area contributed by atoms with Crippen LogP contribution in [0.15, 0.2) is 158 Å². The summed E-state index contributed by atoms with van der Waals surface area (Å²) in [7, 11) is -3.81. The molecule has 7 aromatic carbocycles. The molecule has 212 valence electrons. The van der Waals surface area contributed by atoms with Crippen molar-refractivity contribution in [1.82, 2.24) is 0 Å². The average Bonchev–Trinajstić information content (AvgIpc) is 3.06. The van der Waals surface area contributed by atoms with Crippen molar-refractivity contribution >= 4 is 78.7 Å². The molecule has 2 N–H and O–H groups in total. The van der Waals surface area contributed by atoms with Gasteiger partial charge in [0.25, 0.3) is 0 Å². The maximum atomic E-state index is 9.14. The summed E-state index contributed by atoms with van der Waals surface area (Å²) in [5, 5.41) is 29.9. The summed E-state index contributed by atoms with van der Waals surface area (Å²) >= 11 is 3.84. The van der Waals surface area contributed by atoms with E-state index in [9.17, 15) is 0 Å². The second-order valence-corrected chi connectivity index (χ2v) is 15.9. The van der Waals surface area contributed by atoms with E-state index in [1.165, 1.54) is 21.3 Å². The third kappa shape index (κ3) is 5.95. The molecular weight excluding hydrogens is 614 g/mol. The van der Waals surface area contributed by atoms with Gasteiger partial charge in [0.1, 0.15) is 5.75 Å². The van der Waals surface area contributed by atoms with Crippen LogP contribution in [0.5, 0.6) is 5.75 Å². The number of hydrogen-bond acceptors (Lipinski definition) is 3. The van der Waals surface area contributed by atoms with Gasteiger partial charge in [0.15, 0.2) is 0 Å². The molecule has 0 fully saturated rings. The molecule has 0 aromatic heterocycles. The first kappa shape index (κ1) is 29.1. The molecule has 6 heteroatoms. The number of hydrogen-bond donors (Lipinski definition) is 2. The molecule has 0 radical (unpaired) electrons. The largest absolute Gasteiger partial charge is 0.707 e. The fraction of sp³-hybridized carbons (Fsp3) is 0.0270. The van der Waals surface area contributed by atoms with Crippen molar-refractivity contribution < 1.29 is 14.7 Å². The minimum Gasteiger partial charge on any atom is -0.511 e. The van der Waals surface area contributed by atoms with Gasteiger partial charge in [-0.3, -0.25) is 0 Å². The van der Waals surface area contributed by atoms with E-state index in [1.807, 2.05) is 30.3 Å². The van der Waals surface area contributed by atoms with Gasteiger partial charge in [0.2, 0.25) is 0 Å². The first-order valence-electron chi connectivity index (χ1n) is 14.2. The van der Waals surface area contributed by atoms with Crippen LogP contribution >= 0.6 is 23.2 Å². The van der Waals surface area contributed by atoms with Gasteiger partial charge in [-0.15, -0.1) is 0 Å². The van der Waals surface area contributed by atoms with Gasteiger partial charge < -0.3 is 14.7 Å². The van der Waals surface area contributed by atoms with Crippen LogP contribution in [0.25, 0.3) is 32.3 Å². The molecule has 7 rings (SSSR count). The summed E-state index contributed by atoms with van der Waals surface area (Å²) in [6.45, 7) is 0. The Morgan fingerprint density at radius 2 is 0.977 bits per heavy atom. The summed E-state index contributed by atoms with van der Waals surface area (Å²) in [5.74, 6) is 0.466. The summed E-state index contributed by atoms with van der Waals surface area (Å²) in [6.07, 6.45) is 0. The zero-order valence-electron chi connectivity index (χ0n) is 23.5. The van der Waals surface area contributed by atoms with E-state index in [4.69, 9.17) is 14.7 Å². The first-order chi connectivity index (χ1) is 21.1. The fourth-order valence-electron chi connectivity index (χ4n) is 5.88. The molecule has 0 bridgehead atoms. The van der Waals surface area contributed by atoms with E-state index in [-0.39, 0.29) is 0 Å². The minimum absolute atomic E-state index is 0.466. The monoisotopic (exact) mass is 644 g/mol. The Morgan fingerprint density at radius 3 is 1.49 bits per heavy atom. The molecule has 0 aliphatic rings. The van der Waals surface area contributed by atoms with Crippen LogP contribution in [0.1, 0.15) is 0 Å². The van der Waals surface area contributed by atoms with Crippen molar-refractivity contribution in [2.24, 2.45) is 0 Å². The smallest absolute Gasteiger partial charge is 0.511 e. The fourth-order valence-corrected chi connectivity index (χ4v) is 12.5. The zero-order valence-corrected chi connectivity index (χ0v) is 26.1. The molecule has 0 unspecified atom stereocenters. The van der Waals surface area contributed by atoms with Crippen LogP contribution in [0.4, 0.5) is 0 Å². The van der Waals surface area contributed by atoms with Crippen LogP contribution in [0.3, 0.4) is 0 Å². The Kier molecular flexibility index (Phi) is 8.88. The molecule has 0 saturated heterocycles. The second kappa shape index (κ2) is 13.1. The van der Waals surface area contributed by atoms with Gasteiger partial charge in [-0.2, -0.15) is 0 Å². The molecule has 0 heterocycles. The first-order valence-corrected chi connectivity index (χ1v) is 17.5. The van der Waals surface area contributed by atoms with E-state index in [0.29, 0.717) is 5.75 Å². The molecule has 0 saturated carbocycles. The van der Waals surface area contributed by atoms with E-state index >= 15 is 0 Å². The normalized spacial score (nSPS) is 11.6. The number of rotatable bonds is 6. The van der Waals surface area contributed by atoms with Crippen LogP contribution in [-0.4, -0.2) is 22.4 Å². The van der Waals surface area contributed by atoms with Gasteiger partial charge in [0.05, 0.1) is 0 Å². The Bertz CT molecular complexity index is 1870. The number of fused-ring (bicyclic) bond motifs is 4. The molecule has 0 amide bonds. The quantitative estimate of drug-likeness (QED) is 0.0646. The Hall–Kier alpha value is -3.99. The van der Waals surface area contributed by atoms with Crippen molar-refractivity contribution in [2.75, 3.05) is 5.07 Å². The Labute approximate surface area is 261 Å². The summed E-state index contributed by atoms with van der Waals surface area (Å²) in [5.41, 5.74) is 0. The van der Waals surface area contributed by atoms with Gasteiger partial charge in [-0.1, -0.05) is 48.5 Å². The number of halogens is 1. The van der Waals surface area contributed by atoms with Crippen molar-refractivity contribution in [2.45, 2.75) is 0 Å². The second-order valence-electron chi connectivity index (χ2n) is 10.4. The number of benzene rings is 7. The SMILES string of the molecule is BrC[PH](c1ccccc1)(c1ccccc1)c1ccccc1.OB(O)Oc1cccc2ccc3cc4ccccc4cc3c12. The third-order valence-electron chi connectivity index (χ3n) is 7.92. The maximum absolute atomic E-state index is 9.14. The topological polar surface area (TPSA) is 49.7 Å². The van der Waals surface area contributed by atoms with Gasteiger partial charge in [-0.25, -0.2) is 0 Å². The standard InChI is InChI=1S/C19H18BrP.C18H13BO3/c20-16-21(17-10-4-1-5-11-17,18-12-6-2-7-13-18)19-14-8-3-9-15-19;20-19(21)22-17-7-3-6-12-8-9-15-10-13-4-1-2-5-14(13)11-16(15)18(12)17/h1-15,21H,16H2;1-11,20-21H. The van der Waals surface area contributed by atoms with Crippen LogP contribution in [-0.2, 0) is 0 Å². The molecular formula is C37H31BBrO3P. The molecule has 3 nitrogen and oxygen atoms in total. The van der Waals surface area contributed by atoms with Crippen molar-refractivity contribution in [3.63, 3.8) is 0 Å². The number of alkyl halides is 1. The van der Waals surface area contributed by atoms with E-state index in [1.54, 1.807) is 6.07 Å². The summed E-state index contributed by atoms with van der Waals surface area (Å²) in [6, 6.07) is 54.9. The van der Waals surface area contributed by atoms with Gasteiger partial charge in [-0.05, 0) is 45.1 Å². The van der Waals surface area contributed by atoms with Crippen LogP contribution in [0.2, 0.25) is 0 Å². The van der Waals surface area contributed by atoms with Gasteiger partial charge >= 0.3 is 142 Å². The van der Waals surface area contributed by atoms with Crippen molar-refractivity contribution in [3.8, 4) is 5.75 Å². The van der Waals surface area contributed by atoms with Gasteiger partial charge in [0, 0.05) is 5.39 Å². The van der Waals surface area contributed by atoms with E-state index < -0.39 is 14.6 Å². The summed E-state index contributed by atoms with van der Waals surface area (Å²) in [4.78, 5) is 0. The van der Waals surface area contributed by atoms with E-state index in [0.717, 1.165) is 32.0 Å². The Balaban J connectivity index is 0.000000153. The zero-order chi connectivity index (χ0) is 29.6. The molecule has 0 atom stereocenters. The third-order valence-corrected chi connectivity index (χ3v) is 14.8. The van der Waals surface area contributed by atoms with E-state index in [2.05, 4.69) is 137 Å². The molecule has 0 aliphatic carbocycles. The van der Waals surface area contributed by atoms with Crippen molar-refractivity contribution in [3.05, 3.63) is 158 Å². The maximum Gasteiger partial charge on any atom is 0.707 e. The van der Waals surface area contributed by atoms with Crippen LogP contribution in [0, 0.1) is 0 Å². The molecule has 0 aliphatic heterocycles.